The van der Waals surface area contributed by atoms with Crippen molar-refractivity contribution in [3.8, 4) is 17.1 Å². The quantitative estimate of drug-likeness (QED) is 0.658. The van der Waals surface area contributed by atoms with E-state index in [-0.39, 0.29) is 28.9 Å². The number of carbonyl (C=O) groups is 2. The molecule has 152 valence electrons. The van der Waals surface area contributed by atoms with Crippen LogP contribution in [0.5, 0.6) is 5.75 Å². The topological polar surface area (TPSA) is 111 Å². The lowest BCUT2D eigenvalue weighted by Gasteiger charge is -2.12. The van der Waals surface area contributed by atoms with Gasteiger partial charge in [-0.25, -0.2) is 0 Å². The second-order valence-electron chi connectivity index (χ2n) is 6.60. The molecule has 2 aromatic heterocycles. The molecule has 1 atom stereocenters. The van der Waals surface area contributed by atoms with Crippen LogP contribution < -0.4 is 20.8 Å². The lowest BCUT2D eigenvalue weighted by atomic mass is 10.0. The highest BCUT2D eigenvalue weighted by molar-refractivity contribution is 5.92. The first-order valence-electron chi connectivity index (χ1n) is 9.05. The average Bonchev–Trinajstić information content (AvgIpc) is 3.05. The maximum absolute atomic E-state index is 12.6. The van der Waals surface area contributed by atoms with E-state index in [1.54, 1.807) is 45.2 Å². The number of amides is 2. The SMILES string of the molecule is CNC(=O)C(C)NC(=O)Cc1c(-c2ccc(OC)cc2)oc2c(=O)cc(C)oc12. The van der Waals surface area contributed by atoms with Crippen LogP contribution in [0.1, 0.15) is 18.2 Å². The normalized spacial score (nSPS) is 11.9. The van der Waals surface area contributed by atoms with E-state index in [1.165, 1.54) is 13.1 Å². The Kier molecular flexibility index (Phi) is 5.72. The largest absolute Gasteiger partial charge is 0.497 e. The number of methoxy groups -OCH3 is 1. The molecule has 0 bridgehead atoms. The predicted octanol–water partition coefficient (Wildman–Crippen LogP) is 2.16. The second kappa shape index (κ2) is 8.22. The Morgan fingerprint density at radius 2 is 1.83 bits per heavy atom. The van der Waals surface area contributed by atoms with Crippen molar-refractivity contribution >= 4 is 23.0 Å². The van der Waals surface area contributed by atoms with E-state index in [1.807, 2.05) is 0 Å². The highest BCUT2D eigenvalue weighted by Gasteiger charge is 2.24. The van der Waals surface area contributed by atoms with Crippen LogP contribution in [0.2, 0.25) is 0 Å². The molecule has 0 aliphatic carbocycles. The van der Waals surface area contributed by atoms with Crippen molar-refractivity contribution < 1.29 is 23.2 Å². The van der Waals surface area contributed by atoms with Crippen molar-refractivity contribution in [3.05, 3.63) is 51.9 Å². The molecule has 29 heavy (non-hydrogen) atoms. The molecule has 3 aromatic rings. The Morgan fingerprint density at radius 1 is 1.14 bits per heavy atom. The van der Waals surface area contributed by atoms with E-state index in [0.717, 1.165) is 0 Å². The Bertz CT molecular complexity index is 1110. The number of rotatable bonds is 6. The van der Waals surface area contributed by atoms with Gasteiger partial charge in [0.2, 0.25) is 22.8 Å². The third-order valence-electron chi connectivity index (χ3n) is 4.49. The van der Waals surface area contributed by atoms with Gasteiger partial charge in [-0.05, 0) is 38.1 Å². The Balaban J connectivity index is 2.06. The summed E-state index contributed by atoms with van der Waals surface area (Å²) in [6, 6.07) is 7.66. The molecule has 1 aromatic carbocycles. The van der Waals surface area contributed by atoms with E-state index in [4.69, 9.17) is 13.6 Å². The van der Waals surface area contributed by atoms with Gasteiger partial charge in [0.15, 0.2) is 5.58 Å². The zero-order valence-electron chi connectivity index (χ0n) is 16.6. The summed E-state index contributed by atoms with van der Waals surface area (Å²) in [5.41, 5.74) is 1.04. The van der Waals surface area contributed by atoms with E-state index >= 15 is 0 Å². The van der Waals surface area contributed by atoms with E-state index in [0.29, 0.717) is 28.4 Å². The van der Waals surface area contributed by atoms with Gasteiger partial charge in [-0.2, -0.15) is 0 Å². The van der Waals surface area contributed by atoms with Gasteiger partial charge in [0.25, 0.3) is 0 Å². The molecule has 0 fully saturated rings. The van der Waals surface area contributed by atoms with Crippen LogP contribution in [0.4, 0.5) is 0 Å². The number of ether oxygens (including phenoxy) is 1. The summed E-state index contributed by atoms with van der Waals surface area (Å²) < 4.78 is 16.7. The van der Waals surface area contributed by atoms with Gasteiger partial charge in [-0.15, -0.1) is 0 Å². The average molecular weight is 398 g/mol. The molecule has 2 heterocycles. The van der Waals surface area contributed by atoms with Gasteiger partial charge < -0.3 is 24.2 Å². The highest BCUT2D eigenvalue weighted by atomic mass is 16.5. The molecule has 0 saturated carbocycles. The third kappa shape index (κ3) is 4.16. The minimum Gasteiger partial charge on any atom is -0.497 e. The summed E-state index contributed by atoms with van der Waals surface area (Å²) in [7, 11) is 3.05. The Labute approximate surface area is 166 Å². The van der Waals surface area contributed by atoms with E-state index in [2.05, 4.69) is 10.6 Å². The lowest BCUT2D eigenvalue weighted by molar-refractivity contribution is -0.127. The minimum atomic E-state index is -0.705. The molecule has 0 radical (unpaired) electrons. The zero-order chi connectivity index (χ0) is 21.1. The van der Waals surface area contributed by atoms with Gasteiger partial charge in [0, 0.05) is 18.7 Å². The lowest BCUT2D eigenvalue weighted by Crippen LogP contribution is -2.44. The number of carbonyl (C=O) groups excluding carboxylic acids is 2. The standard InChI is InChI=1S/C21H22N2O6/c1-11-9-16(24)20-19(28-11)15(10-17(25)23-12(2)21(26)22-3)18(29-20)13-5-7-14(27-4)8-6-13/h5-9,12H,10H2,1-4H3,(H,22,26)(H,23,25). The maximum Gasteiger partial charge on any atom is 0.242 e. The van der Waals surface area contributed by atoms with Crippen LogP contribution >= 0.6 is 0 Å². The fourth-order valence-electron chi connectivity index (χ4n) is 3.03. The third-order valence-corrected chi connectivity index (χ3v) is 4.49. The summed E-state index contributed by atoms with van der Waals surface area (Å²) >= 11 is 0. The first kappa shape index (κ1) is 20.2. The van der Waals surface area contributed by atoms with Gasteiger partial charge in [0.05, 0.1) is 19.1 Å². The van der Waals surface area contributed by atoms with Crippen LogP contribution in [0.15, 0.2) is 44.0 Å². The van der Waals surface area contributed by atoms with Crippen molar-refractivity contribution in [2.75, 3.05) is 14.2 Å². The molecular weight excluding hydrogens is 376 g/mol. The fourth-order valence-corrected chi connectivity index (χ4v) is 3.03. The summed E-state index contributed by atoms with van der Waals surface area (Å²) in [5.74, 6) is 0.714. The van der Waals surface area contributed by atoms with Crippen molar-refractivity contribution in [1.82, 2.24) is 10.6 Å². The molecule has 3 rings (SSSR count). The molecule has 0 saturated heterocycles. The molecule has 1 unspecified atom stereocenters. The molecule has 0 spiro atoms. The van der Waals surface area contributed by atoms with Crippen LogP contribution in [0, 0.1) is 6.92 Å². The number of benzene rings is 1. The summed E-state index contributed by atoms with van der Waals surface area (Å²) in [4.78, 5) is 36.6. The Morgan fingerprint density at radius 3 is 2.45 bits per heavy atom. The van der Waals surface area contributed by atoms with Gasteiger partial charge in [-0.3, -0.25) is 14.4 Å². The monoisotopic (exact) mass is 398 g/mol. The minimum absolute atomic E-state index is 0.0450. The van der Waals surface area contributed by atoms with E-state index < -0.39 is 11.9 Å². The van der Waals surface area contributed by atoms with E-state index in [9.17, 15) is 14.4 Å². The fraction of sp³-hybridized carbons (Fsp3) is 0.286. The molecule has 8 nitrogen and oxygen atoms in total. The predicted molar refractivity (Wildman–Crippen MR) is 107 cm³/mol. The van der Waals surface area contributed by atoms with Crippen molar-refractivity contribution in [3.63, 3.8) is 0 Å². The number of furan rings is 1. The Hall–Kier alpha value is -3.55. The maximum atomic E-state index is 12.6. The number of aryl methyl sites for hydroxylation is 1. The number of hydrogen-bond acceptors (Lipinski definition) is 6. The molecule has 2 N–H and O–H groups in total. The van der Waals surface area contributed by atoms with Crippen LogP contribution in [-0.2, 0) is 16.0 Å². The zero-order valence-corrected chi connectivity index (χ0v) is 16.6. The number of likely N-dealkylation sites (N-methyl/N-ethyl adjacent to an activating group) is 1. The second-order valence-corrected chi connectivity index (χ2v) is 6.60. The van der Waals surface area contributed by atoms with Crippen molar-refractivity contribution in [2.24, 2.45) is 0 Å². The van der Waals surface area contributed by atoms with Crippen LogP contribution in [-0.4, -0.2) is 32.0 Å². The summed E-state index contributed by atoms with van der Waals surface area (Å²) in [6.07, 6.45) is -0.123. The van der Waals surface area contributed by atoms with Gasteiger partial charge in [0.1, 0.15) is 23.3 Å². The molecule has 2 amide bonds. The van der Waals surface area contributed by atoms with Crippen molar-refractivity contribution in [2.45, 2.75) is 26.3 Å². The highest BCUT2D eigenvalue weighted by Crippen LogP contribution is 2.34. The number of nitrogens with one attached hydrogen (secondary N) is 2. The van der Waals surface area contributed by atoms with Crippen molar-refractivity contribution in [1.29, 1.82) is 0 Å². The number of fused-ring (bicyclic) bond motifs is 1. The first-order chi connectivity index (χ1) is 13.8. The number of hydrogen-bond donors (Lipinski definition) is 2. The summed E-state index contributed by atoms with van der Waals surface area (Å²) in [6.45, 7) is 3.23. The molecule has 0 aliphatic rings. The smallest absolute Gasteiger partial charge is 0.242 e. The van der Waals surface area contributed by atoms with Gasteiger partial charge in [-0.1, -0.05) is 0 Å². The molecule has 8 heteroatoms. The summed E-state index contributed by atoms with van der Waals surface area (Å²) in [5, 5.41) is 5.10. The first-order valence-corrected chi connectivity index (χ1v) is 9.05. The van der Waals surface area contributed by atoms with Crippen LogP contribution in [0.3, 0.4) is 0 Å². The van der Waals surface area contributed by atoms with Gasteiger partial charge >= 0.3 is 0 Å². The van der Waals surface area contributed by atoms with Crippen LogP contribution in [0.25, 0.3) is 22.5 Å². The molecular formula is C21H22N2O6. The molecule has 0 aliphatic heterocycles.